The van der Waals surface area contributed by atoms with Gasteiger partial charge in [-0.3, -0.25) is 4.79 Å². The van der Waals surface area contributed by atoms with Gasteiger partial charge in [-0.25, -0.2) is 0 Å². The molecule has 1 aromatic rings. The van der Waals surface area contributed by atoms with Crippen molar-refractivity contribution in [2.45, 2.75) is 18.9 Å². The second kappa shape index (κ2) is 5.38. The van der Waals surface area contributed by atoms with Gasteiger partial charge in [-0.1, -0.05) is 27.5 Å². The van der Waals surface area contributed by atoms with Crippen LogP contribution >= 0.6 is 27.5 Å². The highest BCUT2D eigenvalue weighted by Gasteiger charge is 2.28. The Bertz CT molecular complexity index is 435. The van der Waals surface area contributed by atoms with E-state index in [0.29, 0.717) is 23.0 Å². The molecule has 17 heavy (non-hydrogen) atoms. The average molecular weight is 318 g/mol. The van der Waals surface area contributed by atoms with Crippen LogP contribution in [0.4, 0.5) is 0 Å². The zero-order valence-electron chi connectivity index (χ0n) is 9.25. The normalized spacial score (nSPS) is 16.6. The Hall–Kier alpha value is -0.580. The van der Waals surface area contributed by atoms with Crippen molar-refractivity contribution in [2.24, 2.45) is 11.7 Å². The van der Waals surface area contributed by atoms with Gasteiger partial charge in [-0.15, -0.1) is 0 Å². The van der Waals surface area contributed by atoms with Gasteiger partial charge in [0.1, 0.15) is 0 Å². The quantitative estimate of drug-likeness (QED) is 0.897. The van der Waals surface area contributed by atoms with Crippen molar-refractivity contribution in [3.05, 3.63) is 33.3 Å². The Kier molecular flexibility index (Phi) is 4.07. The van der Waals surface area contributed by atoms with E-state index < -0.39 is 0 Å². The van der Waals surface area contributed by atoms with Gasteiger partial charge in [0.05, 0.1) is 10.6 Å². The highest BCUT2D eigenvalue weighted by Crippen LogP contribution is 2.31. The number of carbonyl (C=O) groups excluding carboxylic acids is 1. The number of hydrogen-bond donors (Lipinski definition) is 2. The van der Waals surface area contributed by atoms with Crippen molar-refractivity contribution in [1.82, 2.24) is 5.32 Å². The van der Waals surface area contributed by atoms with E-state index >= 15 is 0 Å². The number of hydrogen-bond acceptors (Lipinski definition) is 2. The van der Waals surface area contributed by atoms with E-state index in [-0.39, 0.29) is 11.9 Å². The van der Waals surface area contributed by atoms with Gasteiger partial charge in [0.2, 0.25) is 0 Å². The standard InChI is InChI=1S/C12H14BrClN2O/c13-8-3-4-9(10(14)5-8)12(17)16-6-11(15)7-1-2-7/h3-5,7,11H,1-2,6,15H2,(H,16,17). The van der Waals surface area contributed by atoms with Crippen LogP contribution in [0.25, 0.3) is 0 Å². The van der Waals surface area contributed by atoms with Crippen molar-refractivity contribution < 1.29 is 4.79 Å². The zero-order chi connectivity index (χ0) is 12.4. The molecule has 0 bridgehead atoms. The SMILES string of the molecule is NC(CNC(=O)c1ccc(Br)cc1Cl)C1CC1. The highest BCUT2D eigenvalue weighted by molar-refractivity contribution is 9.10. The first-order valence-corrected chi connectivity index (χ1v) is 6.74. The number of benzene rings is 1. The summed E-state index contributed by atoms with van der Waals surface area (Å²) in [4.78, 5) is 11.9. The number of nitrogens with two attached hydrogens (primary N) is 1. The molecule has 1 aromatic carbocycles. The Morgan fingerprint density at radius 2 is 2.29 bits per heavy atom. The molecule has 1 atom stereocenters. The number of carbonyl (C=O) groups is 1. The van der Waals surface area contributed by atoms with E-state index in [9.17, 15) is 4.79 Å². The minimum Gasteiger partial charge on any atom is -0.350 e. The van der Waals surface area contributed by atoms with Crippen LogP contribution in [0.5, 0.6) is 0 Å². The molecule has 1 unspecified atom stereocenters. The molecule has 0 spiro atoms. The van der Waals surface area contributed by atoms with Gasteiger partial charge in [0.25, 0.3) is 5.91 Å². The first-order chi connectivity index (χ1) is 8.08. The summed E-state index contributed by atoms with van der Waals surface area (Å²) < 4.78 is 0.855. The van der Waals surface area contributed by atoms with E-state index in [0.717, 1.165) is 4.47 Å². The second-order valence-electron chi connectivity index (χ2n) is 4.34. The first-order valence-electron chi connectivity index (χ1n) is 5.57. The molecule has 1 aliphatic carbocycles. The Balaban J connectivity index is 1.94. The van der Waals surface area contributed by atoms with Crippen LogP contribution in [0.2, 0.25) is 5.02 Å². The summed E-state index contributed by atoms with van der Waals surface area (Å²) in [6.45, 7) is 0.510. The van der Waals surface area contributed by atoms with E-state index in [4.69, 9.17) is 17.3 Å². The van der Waals surface area contributed by atoms with Gasteiger partial charge >= 0.3 is 0 Å². The predicted octanol–water partition coefficient (Wildman–Crippen LogP) is 2.57. The topological polar surface area (TPSA) is 55.1 Å². The minimum atomic E-state index is -0.168. The maximum atomic E-state index is 11.9. The lowest BCUT2D eigenvalue weighted by Crippen LogP contribution is -2.38. The first kappa shape index (κ1) is 12.9. The Labute approximate surface area is 114 Å². The van der Waals surface area contributed by atoms with Crippen LogP contribution in [-0.2, 0) is 0 Å². The molecule has 3 N–H and O–H groups in total. The summed E-state index contributed by atoms with van der Waals surface area (Å²) in [5, 5.41) is 3.26. The van der Waals surface area contributed by atoms with E-state index in [2.05, 4.69) is 21.2 Å². The van der Waals surface area contributed by atoms with Crippen LogP contribution in [0.1, 0.15) is 23.2 Å². The second-order valence-corrected chi connectivity index (χ2v) is 5.66. The fourth-order valence-corrected chi connectivity index (χ4v) is 2.43. The highest BCUT2D eigenvalue weighted by atomic mass is 79.9. The fraction of sp³-hybridized carbons (Fsp3) is 0.417. The number of nitrogens with one attached hydrogen (secondary N) is 1. The molecule has 1 amide bonds. The van der Waals surface area contributed by atoms with Crippen LogP contribution in [-0.4, -0.2) is 18.5 Å². The molecule has 1 aliphatic rings. The molecule has 0 heterocycles. The molecule has 5 heteroatoms. The van der Waals surface area contributed by atoms with Crippen LogP contribution in [0.3, 0.4) is 0 Å². The minimum absolute atomic E-state index is 0.0631. The van der Waals surface area contributed by atoms with Gasteiger partial charge in [0.15, 0.2) is 0 Å². The van der Waals surface area contributed by atoms with Gasteiger partial charge < -0.3 is 11.1 Å². The number of rotatable bonds is 4. The van der Waals surface area contributed by atoms with Crippen molar-refractivity contribution in [3.8, 4) is 0 Å². The van der Waals surface area contributed by atoms with Crippen molar-refractivity contribution in [2.75, 3.05) is 6.54 Å². The molecule has 0 aliphatic heterocycles. The van der Waals surface area contributed by atoms with Crippen LogP contribution in [0, 0.1) is 5.92 Å². The van der Waals surface area contributed by atoms with Gasteiger partial charge in [-0.2, -0.15) is 0 Å². The maximum Gasteiger partial charge on any atom is 0.252 e. The summed E-state index contributed by atoms with van der Waals surface area (Å²) in [7, 11) is 0. The molecule has 2 rings (SSSR count). The fourth-order valence-electron chi connectivity index (χ4n) is 1.67. The van der Waals surface area contributed by atoms with Crippen LogP contribution < -0.4 is 11.1 Å². The van der Waals surface area contributed by atoms with Gasteiger partial charge in [0, 0.05) is 17.1 Å². The summed E-state index contributed by atoms with van der Waals surface area (Å²) in [6, 6.07) is 5.26. The summed E-state index contributed by atoms with van der Waals surface area (Å²) in [5.74, 6) is 0.411. The Morgan fingerprint density at radius 1 is 1.59 bits per heavy atom. The molecule has 0 saturated heterocycles. The summed E-state index contributed by atoms with van der Waals surface area (Å²) in [5.41, 5.74) is 6.40. The lowest BCUT2D eigenvalue weighted by molar-refractivity contribution is 0.0950. The summed E-state index contributed by atoms with van der Waals surface area (Å²) in [6.07, 6.45) is 2.35. The van der Waals surface area contributed by atoms with E-state index in [1.807, 2.05) is 0 Å². The molecule has 0 aromatic heterocycles. The molecule has 1 fully saturated rings. The molecule has 1 saturated carbocycles. The monoisotopic (exact) mass is 316 g/mol. The molecule has 3 nitrogen and oxygen atoms in total. The number of amides is 1. The molecular weight excluding hydrogens is 304 g/mol. The third-order valence-electron chi connectivity index (χ3n) is 2.90. The smallest absolute Gasteiger partial charge is 0.252 e. The van der Waals surface area contributed by atoms with Crippen molar-refractivity contribution >= 4 is 33.4 Å². The lowest BCUT2D eigenvalue weighted by Gasteiger charge is -2.12. The predicted molar refractivity (Wildman–Crippen MR) is 72.2 cm³/mol. The molecule has 92 valence electrons. The number of halogens is 2. The lowest BCUT2D eigenvalue weighted by atomic mass is 10.2. The third kappa shape index (κ3) is 3.44. The van der Waals surface area contributed by atoms with Crippen molar-refractivity contribution in [1.29, 1.82) is 0 Å². The summed E-state index contributed by atoms with van der Waals surface area (Å²) >= 11 is 9.29. The van der Waals surface area contributed by atoms with E-state index in [1.54, 1.807) is 18.2 Å². The van der Waals surface area contributed by atoms with Crippen LogP contribution in [0.15, 0.2) is 22.7 Å². The zero-order valence-corrected chi connectivity index (χ0v) is 11.6. The molecule has 0 radical (unpaired) electrons. The average Bonchev–Trinajstić information content (AvgIpc) is 3.09. The Morgan fingerprint density at radius 3 is 2.88 bits per heavy atom. The maximum absolute atomic E-state index is 11.9. The third-order valence-corrected chi connectivity index (χ3v) is 3.71. The van der Waals surface area contributed by atoms with Crippen molar-refractivity contribution in [3.63, 3.8) is 0 Å². The van der Waals surface area contributed by atoms with E-state index in [1.165, 1.54) is 12.8 Å². The van der Waals surface area contributed by atoms with Gasteiger partial charge in [-0.05, 0) is 37.0 Å². The molecular formula is C12H14BrClN2O. The largest absolute Gasteiger partial charge is 0.350 e.